The van der Waals surface area contributed by atoms with Crippen LogP contribution in [0.25, 0.3) is 4.96 Å². The molecule has 4 aliphatic carbocycles. The third-order valence-electron chi connectivity index (χ3n) is 5.79. The topological polar surface area (TPSA) is 30.2 Å². The van der Waals surface area contributed by atoms with Gasteiger partial charge in [-0.05, 0) is 79.1 Å². The smallest absolute Gasteiger partial charge is 0.213 e. The summed E-state index contributed by atoms with van der Waals surface area (Å²) in [6.45, 7) is 2.05. The van der Waals surface area contributed by atoms with Crippen molar-refractivity contribution in [1.82, 2.24) is 14.6 Å². The summed E-state index contributed by atoms with van der Waals surface area (Å²) in [6.07, 6.45) is 8.54. The fourth-order valence-corrected chi connectivity index (χ4v) is 7.17. The lowest BCUT2D eigenvalue weighted by Crippen LogP contribution is -2.48. The lowest BCUT2D eigenvalue weighted by atomic mass is 9.49. The number of aryl methyl sites for hydroxylation is 1. The molecule has 3 nitrogen and oxygen atoms in total. The first-order valence-electron chi connectivity index (χ1n) is 7.65. The highest BCUT2D eigenvalue weighted by Crippen LogP contribution is 2.61. The molecule has 6 rings (SSSR count). The third kappa shape index (κ3) is 1.51. The first kappa shape index (κ1) is 12.2. The van der Waals surface area contributed by atoms with Crippen LogP contribution < -0.4 is 0 Å². The number of imidazole rings is 1. The van der Waals surface area contributed by atoms with Crippen LogP contribution in [0, 0.1) is 24.7 Å². The molecular weight excluding hydrogens is 334 g/mol. The van der Waals surface area contributed by atoms with Gasteiger partial charge in [0, 0.05) is 5.41 Å². The minimum absolute atomic E-state index is 0.356. The second-order valence-corrected chi connectivity index (χ2v) is 9.18. The Morgan fingerprint density at radius 2 is 1.75 bits per heavy atom. The maximum absolute atomic E-state index is 5.00. The lowest BCUT2D eigenvalue weighted by molar-refractivity contribution is -0.00735. The zero-order chi connectivity index (χ0) is 13.5. The Bertz CT molecular complexity index is 666. The number of hydrogen-bond acceptors (Lipinski definition) is 3. The van der Waals surface area contributed by atoms with E-state index in [1.54, 1.807) is 11.3 Å². The molecule has 4 bridgehead atoms. The van der Waals surface area contributed by atoms with Gasteiger partial charge in [0.15, 0.2) is 0 Å². The van der Waals surface area contributed by atoms with Crippen LogP contribution in [0.15, 0.2) is 4.60 Å². The molecule has 0 saturated heterocycles. The first-order chi connectivity index (χ1) is 9.63. The van der Waals surface area contributed by atoms with E-state index in [2.05, 4.69) is 28.0 Å². The molecule has 0 aromatic carbocycles. The van der Waals surface area contributed by atoms with E-state index in [4.69, 9.17) is 4.98 Å². The van der Waals surface area contributed by atoms with Crippen molar-refractivity contribution in [3.8, 4) is 0 Å². The molecule has 4 aliphatic rings. The molecule has 4 saturated carbocycles. The predicted octanol–water partition coefficient (Wildman–Crippen LogP) is 4.33. The van der Waals surface area contributed by atoms with Gasteiger partial charge in [-0.15, -0.1) is 0 Å². The minimum atomic E-state index is 0.356. The van der Waals surface area contributed by atoms with Crippen molar-refractivity contribution in [2.75, 3.05) is 0 Å². The summed E-state index contributed by atoms with van der Waals surface area (Å²) in [6, 6.07) is 0. The van der Waals surface area contributed by atoms with Crippen molar-refractivity contribution >= 4 is 32.2 Å². The Morgan fingerprint density at radius 3 is 2.30 bits per heavy atom. The fraction of sp³-hybridized carbons (Fsp3) is 0.733. The van der Waals surface area contributed by atoms with Gasteiger partial charge in [0.25, 0.3) is 0 Å². The van der Waals surface area contributed by atoms with Gasteiger partial charge in [0.2, 0.25) is 4.96 Å². The summed E-state index contributed by atoms with van der Waals surface area (Å²) in [5.41, 5.74) is 1.67. The van der Waals surface area contributed by atoms with E-state index in [0.29, 0.717) is 5.41 Å². The second-order valence-electron chi connectivity index (χ2n) is 7.26. The summed E-state index contributed by atoms with van der Waals surface area (Å²) in [5.74, 6) is 2.88. The molecule has 0 unspecified atom stereocenters. The van der Waals surface area contributed by atoms with Gasteiger partial charge in [0.1, 0.15) is 9.61 Å². The second kappa shape index (κ2) is 3.86. The van der Waals surface area contributed by atoms with Crippen LogP contribution in [0.1, 0.15) is 49.2 Å². The molecule has 0 N–H and O–H groups in total. The van der Waals surface area contributed by atoms with E-state index in [1.165, 1.54) is 44.2 Å². The van der Waals surface area contributed by atoms with E-state index in [9.17, 15) is 0 Å². The average molecular weight is 352 g/mol. The summed E-state index contributed by atoms with van der Waals surface area (Å²) in [5, 5.41) is 5.67. The van der Waals surface area contributed by atoms with Gasteiger partial charge in [0.05, 0.1) is 5.69 Å². The van der Waals surface area contributed by atoms with Crippen molar-refractivity contribution in [1.29, 1.82) is 0 Å². The van der Waals surface area contributed by atoms with Gasteiger partial charge >= 0.3 is 0 Å². The zero-order valence-corrected chi connectivity index (χ0v) is 14.0. The summed E-state index contributed by atoms with van der Waals surface area (Å²) in [4.78, 5) is 6.05. The summed E-state index contributed by atoms with van der Waals surface area (Å²) in [7, 11) is 0. The van der Waals surface area contributed by atoms with Crippen LogP contribution >= 0.6 is 27.3 Å². The first-order valence-corrected chi connectivity index (χ1v) is 9.26. The standard InChI is InChI=1S/C15H18BrN3S/c1-8-18-19-13(16)12(17-14(19)20-8)15-5-9-2-10(6-15)4-11(3-9)7-15/h9-11H,2-7H2,1H3. The van der Waals surface area contributed by atoms with E-state index in [-0.39, 0.29) is 0 Å². The van der Waals surface area contributed by atoms with E-state index >= 15 is 0 Å². The lowest BCUT2D eigenvalue weighted by Gasteiger charge is -2.56. The quantitative estimate of drug-likeness (QED) is 0.765. The zero-order valence-electron chi connectivity index (χ0n) is 11.6. The third-order valence-corrected chi connectivity index (χ3v) is 7.33. The molecule has 0 aliphatic heterocycles. The van der Waals surface area contributed by atoms with Crippen LogP contribution in [0.3, 0.4) is 0 Å². The molecule has 0 spiro atoms. The molecule has 0 radical (unpaired) electrons. The van der Waals surface area contributed by atoms with Crippen molar-refractivity contribution in [3.63, 3.8) is 0 Å². The maximum atomic E-state index is 5.00. The number of hydrogen-bond donors (Lipinski definition) is 0. The molecular formula is C15H18BrN3S. The molecule has 2 aromatic heterocycles. The van der Waals surface area contributed by atoms with E-state index < -0.39 is 0 Å². The van der Waals surface area contributed by atoms with E-state index in [1.807, 2.05) is 4.52 Å². The monoisotopic (exact) mass is 351 g/mol. The molecule has 0 atom stereocenters. The number of rotatable bonds is 1. The number of aromatic nitrogens is 3. The number of fused-ring (bicyclic) bond motifs is 1. The highest BCUT2D eigenvalue weighted by Gasteiger charge is 2.53. The minimum Gasteiger partial charge on any atom is -0.221 e. The summed E-state index contributed by atoms with van der Waals surface area (Å²) >= 11 is 5.50. The van der Waals surface area contributed by atoms with Crippen molar-refractivity contribution in [2.45, 2.75) is 50.9 Å². The Kier molecular flexibility index (Phi) is 2.35. The molecule has 2 heterocycles. The SMILES string of the molecule is Cc1nn2c(Br)c(C34CC5CC(CC(C5)C3)C4)nc2s1. The van der Waals surface area contributed by atoms with Crippen LogP contribution in [0.5, 0.6) is 0 Å². The van der Waals surface area contributed by atoms with Crippen LogP contribution in [-0.4, -0.2) is 14.6 Å². The van der Waals surface area contributed by atoms with Crippen LogP contribution in [0.2, 0.25) is 0 Å². The molecule has 4 fully saturated rings. The van der Waals surface area contributed by atoms with Crippen LogP contribution in [-0.2, 0) is 5.41 Å². The molecule has 106 valence electrons. The van der Waals surface area contributed by atoms with Gasteiger partial charge in [-0.1, -0.05) is 11.3 Å². The fourth-order valence-electron chi connectivity index (χ4n) is 5.56. The van der Waals surface area contributed by atoms with Gasteiger partial charge in [-0.2, -0.15) is 9.61 Å². The Morgan fingerprint density at radius 1 is 1.15 bits per heavy atom. The Balaban J connectivity index is 1.67. The van der Waals surface area contributed by atoms with Crippen LogP contribution in [0.4, 0.5) is 0 Å². The summed E-state index contributed by atoms with van der Waals surface area (Å²) < 4.78 is 3.13. The number of halogens is 1. The molecule has 5 heteroatoms. The van der Waals surface area contributed by atoms with Crippen molar-refractivity contribution < 1.29 is 0 Å². The van der Waals surface area contributed by atoms with Gasteiger partial charge in [-0.3, -0.25) is 0 Å². The Labute approximate surface area is 130 Å². The predicted molar refractivity (Wildman–Crippen MR) is 83.2 cm³/mol. The highest BCUT2D eigenvalue weighted by molar-refractivity contribution is 9.10. The average Bonchev–Trinajstić information content (AvgIpc) is 2.87. The molecule has 20 heavy (non-hydrogen) atoms. The molecule has 0 amide bonds. The Hall–Kier alpha value is -0.420. The largest absolute Gasteiger partial charge is 0.221 e. The normalized spacial score (nSPS) is 39.0. The van der Waals surface area contributed by atoms with Crippen molar-refractivity contribution in [2.24, 2.45) is 17.8 Å². The van der Waals surface area contributed by atoms with Gasteiger partial charge < -0.3 is 0 Å². The number of nitrogens with zero attached hydrogens (tertiary/aromatic N) is 3. The van der Waals surface area contributed by atoms with Crippen molar-refractivity contribution in [3.05, 3.63) is 15.3 Å². The van der Waals surface area contributed by atoms with Gasteiger partial charge in [-0.25, -0.2) is 4.98 Å². The van der Waals surface area contributed by atoms with E-state index in [0.717, 1.165) is 32.3 Å². The highest BCUT2D eigenvalue weighted by atomic mass is 79.9. The molecule has 2 aromatic rings. The maximum Gasteiger partial charge on any atom is 0.213 e.